The van der Waals surface area contributed by atoms with Gasteiger partial charge in [-0.2, -0.15) is 0 Å². The summed E-state index contributed by atoms with van der Waals surface area (Å²) in [6, 6.07) is 4.23. The second kappa shape index (κ2) is 6.42. The van der Waals surface area contributed by atoms with E-state index in [0.717, 1.165) is 12.0 Å². The number of hydrogen-bond donors (Lipinski definition) is 1. The van der Waals surface area contributed by atoms with Crippen molar-refractivity contribution in [3.63, 3.8) is 0 Å². The van der Waals surface area contributed by atoms with Crippen molar-refractivity contribution in [1.82, 2.24) is 4.90 Å². The molecule has 0 aliphatic carbocycles. The lowest BCUT2D eigenvalue weighted by atomic mass is 9.93. The van der Waals surface area contributed by atoms with E-state index in [0.29, 0.717) is 13.1 Å². The Morgan fingerprint density at radius 1 is 1.50 bits per heavy atom. The van der Waals surface area contributed by atoms with Gasteiger partial charge in [0.25, 0.3) is 0 Å². The van der Waals surface area contributed by atoms with Crippen LogP contribution in [0.2, 0.25) is 5.02 Å². The number of nitrogens with two attached hydrogens (primary N) is 1. The van der Waals surface area contributed by atoms with Crippen LogP contribution in [0.3, 0.4) is 0 Å². The van der Waals surface area contributed by atoms with Crippen LogP contribution < -0.4 is 5.73 Å². The van der Waals surface area contributed by atoms with Crippen molar-refractivity contribution in [2.75, 3.05) is 13.1 Å². The van der Waals surface area contributed by atoms with E-state index in [1.165, 1.54) is 6.07 Å². The summed E-state index contributed by atoms with van der Waals surface area (Å²) >= 11 is 5.80. The minimum atomic E-state index is -0.512. The van der Waals surface area contributed by atoms with Gasteiger partial charge in [0.2, 0.25) is 0 Å². The number of benzene rings is 1. The molecule has 2 unspecified atom stereocenters. The molecule has 1 fully saturated rings. The fourth-order valence-electron chi connectivity index (χ4n) is 2.56. The lowest BCUT2D eigenvalue weighted by Gasteiger charge is -2.25. The third kappa shape index (κ3) is 4.11. The lowest BCUT2D eigenvalue weighted by molar-refractivity contribution is 0.0286. The van der Waals surface area contributed by atoms with Crippen molar-refractivity contribution in [1.29, 1.82) is 0 Å². The van der Waals surface area contributed by atoms with Gasteiger partial charge in [-0.25, -0.2) is 9.18 Å². The van der Waals surface area contributed by atoms with Crippen LogP contribution in [0.15, 0.2) is 18.2 Å². The molecule has 122 valence electrons. The molecule has 2 rings (SSSR count). The second-order valence-corrected chi connectivity index (χ2v) is 7.08. The van der Waals surface area contributed by atoms with Gasteiger partial charge in [-0.15, -0.1) is 0 Å². The molecule has 0 radical (unpaired) electrons. The Kier molecular flexibility index (Phi) is 4.97. The molecule has 1 aliphatic heterocycles. The van der Waals surface area contributed by atoms with E-state index >= 15 is 0 Å². The van der Waals surface area contributed by atoms with E-state index in [1.807, 2.05) is 20.8 Å². The third-order valence-electron chi connectivity index (χ3n) is 3.71. The largest absolute Gasteiger partial charge is 0.444 e. The first-order chi connectivity index (χ1) is 10.2. The number of rotatable bonds is 2. The molecule has 1 aliphatic rings. The predicted molar refractivity (Wildman–Crippen MR) is 84.3 cm³/mol. The third-order valence-corrected chi connectivity index (χ3v) is 4.00. The number of nitrogens with zero attached hydrogens (tertiary/aromatic N) is 1. The van der Waals surface area contributed by atoms with Gasteiger partial charge >= 0.3 is 6.09 Å². The van der Waals surface area contributed by atoms with Gasteiger partial charge in [0.1, 0.15) is 11.4 Å². The first-order valence-corrected chi connectivity index (χ1v) is 7.73. The van der Waals surface area contributed by atoms with Gasteiger partial charge in [-0.1, -0.05) is 17.7 Å². The van der Waals surface area contributed by atoms with Crippen LogP contribution in [-0.4, -0.2) is 29.7 Å². The maximum absolute atomic E-state index is 13.2. The number of carbonyl (C=O) groups is 1. The predicted octanol–water partition coefficient (Wildman–Crippen LogP) is 3.74. The molecule has 0 bridgehead atoms. The number of likely N-dealkylation sites (tertiary alicyclic amines) is 1. The number of ether oxygens (including phenoxy) is 1. The number of halogens is 2. The van der Waals surface area contributed by atoms with Crippen LogP contribution in [0.4, 0.5) is 9.18 Å². The van der Waals surface area contributed by atoms with Crippen LogP contribution >= 0.6 is 11.6 Å². The molecule has 2 N–H and O–H groups in total. The lowest BCUT2D eigenvalue weighted by Crippen LogP contribution is -2.36. The monoisotopic (exact) mass is 328 g/mol. The number of carbonyl (C=O) groups excluding carboxylic acids is 1. The highest BCUT2D eigenvalue weighted by atomic mass is 35.5. The van der Waals surface area contributed by atoms with Gasteiger partial charge < -0.3 is 15.4 Å². The van der Waals surface area contributed by atoms with E-state index in [9.17, 15) is 9.18 Å². The normalized spacial score (nSPS) is 20.1. The Balaban J connectivity index is 2.00. The molecule has 0 saturated carbocycles. The standard InChI is InChI=1S/C16H22ClFN2O2/c1-16(2,3)22-15(21)20-7-6-11(9-20)14(19)10-4-5-13(18)12(17)8-10/h4-5,8,11,14H,6-7,9,19H2,1-3H3. The summed E-state index contributed by atoms with van der Waals surface area (Å²) in [5, 5.41) is 0.0648. The van der Waals surface area contributed by atoms with Gasteiger partial charge in [-0.3, -0.25) is 0 Å². The zero-order valence-electron chi connectivity index (χ0n) is 13.1. The summed E-state index contributed by atoms with van der Waals surface area (Å²) in [5.41, 5.74) is 6.52. The van der Waals surface area contributed by atoms with E-state index in [1.54, 1.807) is 17.0 Å². The van der Waals surface area contributed by atoms with Crippen molar-refractivity contribution in [3.05, 3.63) is 34.6 Å². The van der Waals surface area contributed by atoms with Crippen molar-refractivity contribution in [2.24, 2.45) is 11.7 Å². The molecule has 0 spiro atoms. The van der Waals surface area contributed by atoms with E-state index in [-0.39, 0.29) is 23.1 Å². The molecular weight excluding hydrogens is 307 g/mol. The smallest absolute Gasteiger partial charge is 0.410 e. The van der Waals surface area contributed by atoms with Crippen molar-refractivity contribution in [3.8, 4) is 0 Å². The summed E-state index contributed by atoms with van der Waals surface area (Å²) in [5.74, 6) is -0.353. The van der Waals surface area contributed by atoms with Crippen LogP contribution in [0.5, 0.6) is 0 Å². The first-order valence-electron chi connectivity index (χ1n) is 7.36. The van der Waals surface area contributed by atoms with Crippen molar-refractivity contribution >= 4 is 17.7 Å². The van der Waals surface area contributed by atoms with Crippen LogP contribution in [0.1, 0.15) is 38.8 Å². The molecule has 6 heteroatoms. The average molecular weight is 329 g/mol. The summed E-state index contributed by atoms with van der Waals surface area (Å²) in [6.07, 6.45) is 0.467. The van der Waals surface area contributed by atoms with Crippen LogP contribution in [0.25, 0.3) is 0 Å². The molecule has 22 heavy (non-hydrogen) atoms. The molecule has 1 amide bonds. The molecule has 4 nitrogen and oxygen atoms in total. The molecule has 1 aromatic carbocycles. The zero-order valence-corrected chi connectivity index (χ0v) is 13.9. The second-order valence-electron chi connectivity index (χ2n) is 6.67. The fourth-order valence-corrected chi connectivity index (χ4v) is 2.75. The quantitative estimate of drug-likeness (QED) is 0.899. The van der Waals surface area contributed by atoms with Crippen LogP contribution in [-0.2, 0) is 4.74 Å². The molecular formula is C16H22ClFN2O2. The SMILES string of the molecule is CC(C)(C)OC(=O)N1CCC(C(N)c2ccc(F)c(Cl)c2)C1. The Morgan fingerprint density at radius 2 is 2.18 bits per heavy atom. The van der Waals surface area contributed by atoms with E-state index in [2.05, 4.69) is 0 Å². The average Bonchev–Trinajstić information content (AvgIpc) is 2.89. The molecule has 2 atom stereocenters. The van der Waals surface area contributed by atoms with Crippen molar-refractivity contribution < 1.29 is 13.9 Å². The van der Waals surface area contributed by atoms with E-state index < -0.39 is 11.4 Å². The summed E-state index contributed by atoms with van der Waals surface area (Å²) in [7, 11) is 0. The maximum Gasteiger partial charge on any atom is 0.410 e. The zero-order chi connectivity index (χ0) is 16.5. The molecule has 1 saturated heterocycles. The maximum atomic E-state index is 13.2. The summed E-state index contributed by atoms with van der Waals surface area (Å²) in [4.78, 5) is 13.7. The molecule has 1 aromatic rings. The first kappa shape index (κ1) is 17.0. The fraction of sp³-hybridized carbons (Fsp3) is 0.562. The summed E-state index contributed by atoms with van der Waals surface area (Å²) < 4.78 is 18.6. The Bertz CT molecular complexity index is 560. The molecule has 0 aromatic heterocycles. The van der Waals surface area contributed by atoms with Gasteiger partial charge in [-0.05, 0) is 50.8 Å². The highest BCUT2D eigenvalue weighted by Gasteiger charge is 2.33. The highest BCUT2D eigenvalue weighted by Crippen LogP contribution is 2.30. The van der Waals surface area contributed by atoms with Crippen molar-refractivity contribution in [2.45, 2.75) is 38.8 Å². The topological polar surface area (TPSA) is 55.6 Å². The van der Waals surface area contributed by atoms with Gasteiger partial charge in [0, 0.05) is 19.1 Å². The van der Waals surface area contributed by atoms with Gasteiger partial charge in [0.05, 0.1) is 5.02 Å². The minimum Gasteiger partial charge on any atom is -0.444 e. The number of hydrogen-bond acceptors (Lipinski definition) is 3. The minimum absolute atomic E-state index is 0.0648. The highest BCUT2D eigenvalue weighted by molar-refractivity contribution is 6.30. The van der Waals surface area contributed by atoms with E-state index in [4.69, 9.17) is 22.1 Å². The van der Waals surface area contributed by atoms with Crippen LogP contribution in [0, 0.1) is 11.7 Å². The molecule has 1 heterocycles. The number of amides is 1. The Labute approximate surface area is 135 Å². The van der Waals surface area contributed by atoms with Gasteiger partial charge in [0.15, 0.2) is 0 Å². The Hall–Kier alpha value is -1.33. The summed E-state index contributed by atoms with van der Waals surface area (Å²) in [6.45, 7) is 6.66. The Morgan fingerprint density at radius 3 is 2.77 bits per heavy atom.